The van der Waals surface area contributed by atoms with Crippen molar-refractivity contribution in [3.05, 3.63) is 59.7 Å². The average molecular weight is 364 g/mol. The van der Waals surface area contributed by atoms with E-state index in [-0.39, 0.29) is 17.8 Å². The molecule has 1 amide bonds. The first-order valence-corrected chi connectivity index (χ1v) is 9.45. The van der Waals surface area contributed by atoms with Gasteiger partial charge in [0.05, 0.1) is 17.1 Å². The van der Waals surface area contributed by atoms with Crippen LogP contribution < -0.4 is 10.6 Å². The first-order chi connectivity index (χ1) is 13.2. The fraction of sp³-hybridized carbons (Fsp3) is 0.333. The summed E-state index contributed by atoms with van der Waals surface area (Å²) in [5.41, 5.74) is 2.99. The Balaban J connectivity index is 1.33. The van der Waals surface area contributed by atoms with Crippen molar-refractivity contribution in [2.75, 3.05) is 5.32 Å². The lowest BCUT2D eigenvalue weighted by molar-refractivity contribution is -0.119. The SMILES string of the molecule is O=C(Nc1ccc2nc(Cc3ccccc3F)[nH]c2c1)[C@H]1N[C@@H]2CC[C@H]1C2. The summed E-state index contributed by atoms with van der Waals surface area (Å²) >= 11 is 0. The predicted molar refractivity (Wildman–Crippen MR) is 102 cm³/mol. The fourth-order valence-corrected chi connectivity index (χ4v) is 4.42. The van der Waals surface area contributed by atoms with Crippen LogP contribution in [-0.4, -0.2) is 28.0 Å². The molecule has 2 aromatic carbocycles. The fourth-order valence-electron chi connectivity index (χ4n) is 4.42. The molecule has 1 saturated heterocycles. The lowest BCUT2D eigenvalue weighted by atomic mass is 9.99. The van der Waals surface area contributed by atoms with Crippen LogP contribution in [0.15, 0.2) is 42.5 Å². The number of hydrogen-bond acceptors (Lipinski definition) is 3. The van der Waals surface area contributed by atoms with Gasteiger partial charge in [-0.05, 0) is 55.0 Å². The van der Waals surface area contributed by atoms with Gasteiger partial charge < -0.3 is 15.6 Å². The van der Waals surface area contributed by atoms with Gasteiger partial charge in [-0.25, -0.2) is 9.37 Å². The van der Waals surface area contributed by atoms with Crippen LogP contribution in [0.1, 0.15) is 30.7 Å². The van der Waals surface area contributed by atoms with Crippen molar-refractivity contribution >= 4 is 22.6 Å². The van der Waals surface area contributed by atoms with E-state index in [2.05, 4.69) is 20.6 Å². The number of carbonyl (C=O) groups excluding carboxylic acids is 1. The van der Waals surface area contributed by atoms with Gasteiger partial charge in [-0.3, -0.25) is 4.79 Å². The summed E-state index contributed by atoms with van der Waals surface area (Å²) < 4.78 is 13.9. The molecule has 5 rings (SSSR count). The number of aromatic nitrogens is 2. The van der Waals surface area contributed by atoms with Crippen molar-refractivity contribution < 1.29 is 9.18 Å². The highest BCUT2D eigenvalue weighted by atomic mass is 19.1. The van der Waals surface area contributed by atoms with Gasteiger partial charge in [-0.1, -0.05) is 18.2 Å². The molecular formula is C21H21FN4O. The molecule has 1 aliphatic heterocycles. The highest BCUT2D eigenvalue weighted by molar-refractivity contribution is 5.97. The normalized spacial score (nSPS) is 23.8. The molecule has 0 spiro atoms. The Kier molecular flexibility index (Phi) is 3.93. The number of imidazole rings is 1. The number of piperidine rings is 1. The van der Waals surface area contributed by atoms with E-state index >= 15 is 0 Å². The zero-order valence-corrected chi connectivity index (χ0v) is 14.8. The number of rotatable bonds is 4. The Morgan fingerprint density at radius 1 is 1.22 bits per heavy atom. The summed E-state index contributed by atoms with van der Waals surface area (Å²) in [6.45, 7) is 0. The highest BCUT2D eigenvalue weighted by Gasteiger charge is 2.42. The van der Waals surface area contributed by atoms with E-state index < -0.39 is 0 Å². The Labute approximate surface area is 156 Å². The third-order valence-corrected chi connectivity index (χ3v) is 5.76. The predicted octanol–water partition coefficient (Wildman–Crippen LogP) is 3.37. The number of fused-ring (bicyclic) bond motifs is 3. The number of nitrogens with zero attached hydrogens (tertiary/aromatic N) is 1. The summed E-state index contributed by atoms with van der Waals surface area (Å²) in [5.74, 6) is 0.962. The standard InChI is InChI=1S/C21H21FN4O/c22-16-4-2-1-3-12(16)10-19-25-17-8-7-15(11-18(17)26-19)24-21(27)20-13-5-6-14(9-13)23-20/h1-4,7-8,11,13-14,20,23H,5-6,9-10H2,(H,24,27)(H,25,26)/t13-,14+,20-/m0/s1. The molecule has 5 nitrogen and oxygen atoms in total. The molecule has 1 saturated carbocycles. The third kappa shape index (κ3) is 3.10. The monoisotopic (exact) mass is 364 g/mol. The van der Waals surface area contributed by atoms with E-state index in [0.29, 0.717) is 29.8 Å². The Bertz CT molecular complexity index is 1010. The third-order valence-electron chi connectivity index (χ3n) is 5.76. The van der Waals surface area contributed by atoms with Gasteiger partial charge in [0.25, 0.3) is 0 Å². The Hall–Kier alpha value is -2.73. The Morgan fingerprint density at radius 2 is 2.11 bits per heavy atom. The van der Waals surface area contributed by atoms with Crippen molar-refractivity contribution in [1.82, 2.24) is 15.3 Å². The van der Waals surface area contributed by atoms with Crippen LogP contribution in [-0.2, 0) is 11.2 Å². The molecule has 6 heteroatoms. The largest absolute Gasteiger partial charge is 0.342 e. The number of carbonyl (C=O) groups is 1. The number of nitrogens with one attached hydrogen (secondary N) is 3. The second-order valence-corrected chi connectivity index (χ2v) is 7.59. The van der Waals surface area contributed by atoms with Gasteiger partial charge in [0.2, 0.25) is 5.91 Å². The number of hydrogen-bond donors (Lipinski definition) is 3. The number of halogens is 1. The van der Waals surface area contributed by atoms with E-state index in [1.807, 2.05) is 24.3 Å². The lowest BCUT2D eigenvalue weighted by Gasteiger charge is -2.22. The maximum absolute atomic E-state index is 13.9. The van der Waals surface area contributed by atoms with Crippen LogP contribution in [0.25, 0.3) is 11.0 Å². The van der Waals surface area contributed by atoms with Gasteiger partial charge in [-0.2, -0.15) is 0 Å². The summed E-state index contributed by atoms with van der Waals surface area (Å²) in [6.07, 6.45) is 3.82. The van der Waals surface area contributed by atoms with Gasteiger partial charge in [-0.15, -0.1) is 0 Å². The molecule has 2 heterocycles. The molecule has 1 aliphatic carbocycles. The second-order valence-electron chi connectivity index (χ2n) is 7.59. The molecule has 3 atom stereocenters. The van der Waals surface area contributed by atoms with Gasteiger partial charge >= 0.3 is 0 Å². The van der Waals surface area contributed by atoms with Crippen molar-refractivity contribution in [2.24, 2.45) is 5.92 Å². The number of benzene rings is 2. The number of aromatic amines is 1. The Morgan fingerprint density at radius 3 is 2.89 bits per heavy atom. The quantitative estimate of drug-likeness (QED) is 0.665. The molecule has 138 valence electrons. The van der Waals surface area contributed by atoms with E-state index in [9.17, 15) is 9.18 Å². The first-order valence-electron chi connectivity index (χ1n) is 9.45. The maximum Gasteiger partial charge on any atom is 0.241 e. The van der Waals surface area contributed by atoms with Gasteiger partial charge in [0.15, 0.2) is 0 Å². The molecule has 2 bridgehead atoms. The number of anilines is 1. The van der Waals surface area contributed by atoms with Crippen LogP contribution in [0.4, 0.5) is 10.1 Å². The topological polar surface area (TPSA) is 69.8 Å². The van der Waals surface area contributed by atoms with Crippen molar-refractivity contribution in [1.29, 1.82) is 0 Å². The minimum absolute atomic E-state index is 0.0349. The zero-order chi connectivity index (χ0) is 18.4. The van der Waals surface area contributed by atoms with Crippen LogP contribution in [0.5, 0.6) is 0 Å². The van der Waals surface area contributed by atoms with E-state index in [0.717, 1.165) is 29.6 Å². The van der Waals surface area contributed by atoms with Crippen molar-refractivity contribution in [3.63, 3.8) is 0 Å². The van der Waals surface area contributed by atoms with Gasteiger partial charge in [0, 0.05) is 18.2 Å². The zero-order valence-electron chi connectivity index (χ0n) is 14.8. The van der Waals surface area contributed by atoms with Crippen LogP contribution in [0.3, 0.4) is 0 Å². The summed E-state index contributed by atoms with van der Waals surface area (Å²) in [5, 5.41) is 6.44. The minimum Gasteiger partial charge on any atom is -0.342 e. The van der Waals surface area contributed by atoms with Crippen LogP contribution in [0, 0.1) is 11.7 Å². The molecule has 3 aromatic rings. The van der Waals surface area contributed by atoms with Crippen molar-refractivity contribution in [3.8, 4) is 0 Å². The summed E-state index contributed by atoms with van der Waals surface area (Å²) in [6, 6.07) is 12.8. The second kappa shape index (κ2) is 6.46. The minimum atomic E-state index is -0.232. The summed E-state index contributed by atoms with van der Waals surface area (Å²) in [7, 11) is 0. The smallest absolute Gasteiger partial charge is 0.241 e. The average Bonchev–Trinajstić information content (AvgIpc) is 3.38. The molecule has 1 aromatic heterocycles. The molecule has 0 unspecified atom stereocenters. The first kappa shape index (κ1) is 16.4. The number of H-pyrrole nitrogens is 1. The van der Waals surface area contributed by atoms with Crippen LogP contribution in [0.2, 0.25) is 0 Å². The van der Waals surface area contributed by atoms with E-state index in [1.54, 1.807) is 12.1 Å². The van der Waals surface area contributed by atoms with Crippen molar-refractivity contribution in [2.45, 2.75) is 37.8 Å². The number of amides is 1. The molecular weight excluding hydrogens is 343 g/mol. The van der Waals surface area contributed by atoms with Gasteiger partial charge in [0.1, 0.15) is 11.6 Å². The van der Waals surface area contributed by atoms with E-state index in [1.165, 1.54) is 12.5 Å². The molecule has 27 heavy (non-hydrogen) atoms. The summed E-state index contributed by atoms with van der Waals surface area (Å²) in [4.78, 5) is 20.4. The van der Waals surface area contributed by atoms with Crippen LogP contribution >= 0.6 is 0 Å². The molecule has 2 aliphatic rings. The molecule has 3 N–H and O–H groups in total. The molecule has 2 fully saturated rings. The maximum atomic E-state index is 13.9. The molecule has 0 radical (unpaired) electrons. The lowest BCUT2D eigenvalue weighted by Crippen LogP contribution is -2.44. The van der Waals surface area contributed by atoms with E-state index in [4.69, 9.17) is 0 Å². The highest BCUT2D eigenvalue weighted by Crippen LogP contribution is 2.35.